The lowest BCUT2D eigenvalue weighted by Gasteiger charge is -2.35. The van der Waals surface area contributed by atoms with Crippen LogP contribution in [0, 0.1) is 3.57 Å². The van der Waals surface area contributed by atoms with Crippen LogP contribution < -0.4 is 11.1 Å². The van der Waals surface area contributed by atoms with Crippen LogP contribution in [-0.4, -0.2) is 43.3 Å². The van der Waals surface area contributed by atoms with Crippen molar-refractivity contribution in [3.05, 3.63) is 21.8 Å². The van der Waals surface area contributed by atoms with Crippen molar-refractivity contribution in [1.82, 2.24) is 4.90 Å². The van der Waals surface area contributed by atoms with Crippen LogP contribution in [0.3, 0.4) is 0 Å². The van der Waals surface area contributed by atoms with Crippen molar-refractivity contribution < 1.29 is 4.74 Å². The number of nitrogens with one attached hydrogen (secondary N) is 1. The predicted octanol–water partition coefficient (Wildman–Crippen LogP) is 2.15. The molecule has 2 unspecified atom stereocenters. The van der Waals surface area contributed by atoms with Gasteiger partial charge < -0.3 is 15.8 Å². The van der Waals surface area contributed by atoms with Crippen molar-refractivity contribution >= 4 is 34.0 Å². The van der Waals surface area contributed by atoms with Gasteiger partial charge in [0.2, 0.25) is 0 Å². The summed E-state index contributed by atoms with van der Waals surface area (Å²) < 4.78 is 7.11. The topological polar surface area (TPSA) is 50.5 Å². The Morgan fingerprint density at radius 3 is 3.21 bits per heavy atom. The number of halogens is 1. The van der Waals surface area contributed by atoms with Gasteiger partial charge in [0.15, 0.2) is 0 Å². The molecule has 0 spiro atoms. The van der Waals surface area contributed by atoms with Crippen molar-refractivity contribution in [2.45, 2.75) is 25.0 Å². The van der Waals surface area contributed by atoms with E-state index >= 15 is 0 Å². The van der Waals surface area contributed by atoms with Gasteiger partial charge in [-0.2, -0.15) is 0 Å². The molecule has 0 radical (unpaired) electrons. The van der Waals surface area contributed by atoms with E-state index in [4.69, 9.17) is 10.5 Å². The fraction of sp³-hybridized carbons (Fsp3) is 0.571. The van der Waals surface area contributed by atoms with Gasteiger partial charge in [-0.25, -0.2) is 0 Å². The van der Waals surface area contributed by atoms with Gasteiger partial charge in [-0.3, -0.25) is 4.90 Å². The van der Waals surface area contributed by atoms with Gasteiger partial charge >= 0.3 is 0 Å². The van der Waals surface area contributed by atoms with Gasteiger partial charge in [-0.05, 0) is 60.2 Å². The zero-order valence-corrected chi connectivity index (χ0v) is 13.1. The maximum Gasteiger partial charge on any atom is 0.0874 e. The van der Waals surface area contributed by atoms with Crippen LogP contribution in [0.2, 0.25) is 0 Å². The Labute approximate surface area is 127 Å². The van der Waals surface area contributed by atoms with E-state index < -0.39 is 0 Å². The molecule has 2 saturated heterocycles. The average molecular weight is 373 g/mol. The summed E-state index contributed by atoms with van der Waals surface area (Å²) in [6.45, 7) is 4.06. The summed E-state index contributed by atoms with van der Waals surface area (Å²) in [5.41, 5.74) is 7.71. The van der Waals surface area contributed by atoms with Crippen LogP contribution in [0.5, 0.6) is 0 Å². The van der Waals surface area contributed by atoms with E-state index in [1.807, 2.05) is 18.2 Å². The minimum Gasteiger partial charge on any atom is -0.399 e. The van der Waals surface area contributed by atoms with E-state index in [9.17, 15) is 0 Å². The largest absolute Gasteiger partial charge is 0.399 e. The first-order valence-electron chi connectivity index (χ1n) is 6.87. The van der Waals surface area contributed by atoms with Crippen molar-refractivity contribution in [2.24, 2.45) is 0 Å². The number of rotatable bonds is 3. The zero-order chi connectivity index (χ0) is 13.2. The van der Waals surface area contributed by atoms with Crippen LogP contribution in [0.15, 0.2) is 18.2 Å². The Bertz CT molecular complexity index is 454. The van der Waals surface area contributed by atoms with Crippen molar-refractivity contribution in [2.75, 3.05) is 37.3 Å². The number of morpholine rings is 1. The summed E-state index contributed by atoms with van der Waals surface area (Å²) in [4.78, 5) is 2.57. The Kier molecular flexibility index (Phi) is 4.14. The number of nitrogens with zero attached hydrogens (tertiary/aromatic N) is 1. The summed E-state index contributed by atoms with van der Waals surface area (Å²) >= 11 is 2.31. The van der Waals surface area contributed by atoms with Crippen LogP contribution in [-0.2, 0) is 4.74 Å². The molecule has 5 heteroatoms. The highest BCUT2D eigenvalue weighted by molar-refractivity contribution is 14.1. The fourth-order valence-electron chi connectivity index (χ4n) is 2.91. The highest BCUT2D eigenvalue weighted by Gasteiger charge is 2.31. The SMILES string of the molecule is Nc1ccc(NCC2CN3CCCC3CO2)c(I)c1. The van der Waals surface area contributed by atoms with Gasteiger partial charge in [-0.15, -0.1) is 0 Å². The van der Waals surface area contributed by atoms with Gasteiger partial charge in [0, 0.05) is 34.1 Å². The molecule has 0 saturated carbocycles. The summed E-state index contributed by atoms with van der Waals surface area (Å²) in [6, 6.07) is 6.63. The monoisotopic (exact) mass is 373 g/mol. The first kappa shape index (κ1) is 13.5. The third-order valence-corrected chi connectivity index (χ3v) is 4.87. The van der Waals surface area contributed by atoms with Gasteiger partial charge in [0.1, 0.15) is 0 Å². The van der Waals surface area contributed by atoms with Crippen LogP contribution >= 0.6 is 22.6 Å². The molecule has 1 aromatic rings. The number of nitrogens with two attached hydrogens (primary N) is 1. The average Bonchev–Trinajstić information content (AvgIpc) is 2.85. The molecule has 0 amide bonds. The van der Waals surface area contributed by atoms with Gasteiger partial charge in [-0.1, -0.05) is 0 Å². The lowest BCUT2D eigenvalue weighted by Crippen LogP contribution is -2.48. The number of hydrogen-bond acceptors (Lipinski definition) is 4. The minimum absolute atomic E-state index is 0.294. The van der Waals surface area contributed by atoms with E-state index in [2.05, 4.69) is 32.8 Å². The number of fused-ring (bicyclic) bond motifs is 1. The van der Waals surface area contributed by atoms with E-state index in [0.717, 1.165) is 34.6 Å². The molecule has 2 aliphatic rings. The number of benzene rings is 1. The van der Waals surface area contributed by atoms with Gasteiger partial charge in [0.25, 0.3) is 0 Å². The van der Waals surface area contributed by atoms with E-state index in [1.54, 1.807) is 0 Å². The molecule has 0 aliphatic carbocycles. The molecule has 3 N–H and O–H groups in total. The van der Waals surface area contributed by atoms with E-state index in [0.29, 0.717) is 12.1 Å². The maximum absolute atomic E-state index is 5.95. The molecule has 3 rings (SSSR count). The van der Waals surface area contributed by atoms with Crippen LogP contribution in [0.1, 0.15) is 12.8 Å². The molecule has 104 valence electrons. The number of ether oxygens (including phenoxy) is 1. The fourth-order valence-corrected chi connectivity index (χ4v) is 3.64. The normalized spacial score (nSPS) is 27.2. The lowest BCUT2D eigenvalue weighted by molar-refractivity contribution is -0.0415. The Balaban J connectivity index is 1.54. The quantitative estimate of drug-likeness (QED) is 0.630. The molecule has 2 fully saturated rings. The second-order valence-electron chi connectivity index (χ2n) is 5.37. The summed E-state index contributed by atoms with van der Waals surface area (Å²) in [6.07, 6.45) is 2.92. The number of hydrogen-bond donors (Lipinski definition) is 2. The third kappa shape index (κ3) is 3.14. The maximum atomic E-state index is 5.95. The van der Waals surface area contributed by atoms with Crippen LogP contribution in [0.25, 0.3) is 0 Å². The first-order valence-corrected chi connectivity index (χ1v) is 7.95. The van der Waals surface area contributed by atoms with E-state index in [1.165, 1.54) is 19.4 Å². The van der Waals surface area contributed by atoms with Gasteiger partial charge in [0.05, 0.1) is 12.7 Å². The molecular formula is C14H20IN3O. The van der Waals surface area contributed by atoms with Crippen LogP contribution in [0.4, 0.5) is 11.4 Å². The highest BCUT2D eigenvalue weighted by Crippen LogP contribution is 2.24. The minimum atomic E-state index is 0.294. The van der Waals surface area contributed by atoms with Crippen molar-refractivity contribution in [3.63, 3.8) is 0 Å². The molecule has 0 bridgehead atoms. The first-order chi connectivity index (χ1) is 9.22. The van der Waals surface area contributed by atoms with Crippen molar-refractivity contribution in [1.29, 1.82) is 0 Å². The summed E-state index contributed by atoms with van der Waals surface area (Å²) in [7, 11) is 0. The second-order valence-corrected chi connectivity index (χ2v) is 6.53. The standard InChI is InChI=1S/C14H20IN3O/c15-13-6-10(16)3-4-14(13)17-7-12-8-18-5-1-2-11(18)9-19-12/h3-4,6,11-12,17H,1-2,5,7-9,16H2. The third-order valence-electron chi connectivity index (χ3n) is 3.97. The molecule has 2 atom stereocenters. The lowest BCUT2D eigenvalue weighted by atomic mass is 10.2. The summed E-state index contributed by atoms with van der Waals surface area (Å²) in [5.74, 6) is 0. The molecule has 2 heterocycles. The molecule has 1 aromatic carbocycles. The number of anilines is 2. The highest BCUT2D eigenvalue weighted by atomic mass is 127. The second kappa shape index (κ2) is 5.85. The molecule has 19 heavy (non-hydrogen) atoms. The molecule has 2 aliphatic heterocycles. The van der Waals surface area contributed by atoms with Crippen molar-refractivity contribution in [3.8, 4) is 0 Å². The Morgan fingerprint density at radius 1 is 1.47 bits per heavy atom. The Hall–Kier alpha value is -0.530. The molecule has 0 aromatic heterocycles. The summed E-state index contributed by atoms with van der Waals surface area (Å²) in [5, 5.41) is 3.48. The number of nitrogen functional groups attached to an aromatic ring is 1. The predicted molar refractivity (Wildman–Crippen MR) is 86.4 cm³/mol. The zero-order valence-electron chi connectivity index (χ0n) is 10.9. The smallest absolute Gasteiger partial charge is 0.0874 e. The molecular weight excluding hydrogens is 353 g/mol. The molecule has 4 nitrogen and oxygen atoms in total. The Morgan fingerprint density at radius 2 is 2.37 bits per heavy atom. The van der Waals surface area contributed by atoms with E-state index in [-0.39, 0.29) is 0 Å².